The lowest BCUT2D eigenvalue weighted by Gasteiger charge is -2.24. The van der Waals surface area contributed by atoms with E-state index in [4.69, 9.17) is 14.4 Å². The first-order valence-electron chi connectivity index (χ1n) is 10.5. The SMILES string of the molecule is CC(C)NC(=O)CCN(Cc1ccco1)c1nc(-c2ccccc2)nc2ccccc12. The van der Waals surface area contributed by atoms with Crippen LogP contribution in [0.1, 0.15) is 26.0 Å². The molecule has 0 fully saturated rings. The van der Waals surface area contributed by atoms with E-state index in [1.54, 1.807) is 6.26 Å². The van der Waals surface area contributed by atoms with Gasteiger partial charge in [-0.1, -0.05) is 42.5 Å². The van der Waals surface area contributed by atoms with Gasteiger partial charge in [0.1, 0.15) is 11.6 Å². The highest BCUT2D eigenvalue weighted by Gasteiger charge is 2.18. The third-order valence-electron chi connectivity index (χ3n) is 4.90. The van der Waals surface area contributed by atoms with E-state index < -0.39 is 0 Å². The summed E-state index contributed by atoms with van der Waals surface area (Å²) in [6.45, 7) is 4.94. The van der Waals surface area contributed by atoms with Crippen LogP contribution in [-0.4, -0.2) is 28.5 Å². The summed E-state index contributed by atoms with van der Waals surface area (Å²) in [5, 5.41) is 3.90. The van der Waals surface area contributed by atoms with Gasteiger partial charge in [-0.25, -0.2) is 9.97 Å². The fraction of sp³-hybridized carbons (Fsp3) is 0.240. The molecule has 0 atom stereocenters. The molecule has 0 radical (unpaired) electrons. The van der Waals surface area contributed by atoms with Crippen LogP contribution in [0.5, 0.6) is 0 Å². The minimum Gasteiger partial charge on any atom is -0.467 e. The molecule has 0 spiro atoms. The number of hydrogen-bond donors (Lipinski definition) is 1. The summed E-state index contributed by atoms with van der Waals surface area (Å²) in [6, 6.07) is 21.8. The van der Waals surface area contributed by atoms with Crippen LogP contribution in [0, 0.1) is 0 Å². The molecule has 0 aliphatic carbocycles. The van der Waals surface area contributed by atoms with Gasteiger partial charge < -0.3 is 14.6 Å². The van der Waals surface area contributed by atoms with Gasteiger partial charge in [-0.3, -0.25) is 4.79 Å². The molecule has 0 aliphatic heterocycles. The van der Waals surface area contributed by atoms with Crippen molar-refractivity contribution in [2.24, 2.45) is 0 Å². The zero-order valence-corrected chi connectivity index (χ0v) is 17.8. The molecule has 2 aromatic heterocycles. The van der Waals surface area contributed by atoms with E-state index in [-0.39, 0.29) is 11.9 Å². The number of rotatable bonds is 8. The van der Waals surface area contributed by atoms with Crippen molar-refractivity contribution < 1.29 is 9.21 Å². The molecule has 4 rings (SSSR count). The summed E-state index contributed by atoms with van der Waals surface area (Å²) in [7, 11) is 0. The molecule has 31 heavy (non-hydrogen) atoms. The van der Waals surface area contributed by atoms with Gasteiger partial charge in [0.25, 0.3) is 0 Å². The smallest absolute Gasteiger partial charge is 0.221 e. The molecule has 4 aromatic rings. The van der Waals surface area contributed by atoms with Gasteiger partial charge in [0.2, 0.25) is 5.91 Å². The predicted octanol–water partition coefficient (Wildman–Crippen LogP) is 4.81. The van der Waals surface area contributed by atoms with Crippen molar-refractivity contribution in [1.82, 2.24) is 15.3 Å². The van der Waals surface area contributed by atoms with Crippen molar-refractivity contribution in [1.29, 1.82) is 0 Å². The van der Waals surface area contributed by atoms with E-state index >= 15 is 0 Å². The van der Waals surface area contributed by atoms with Crippen molar-refractivity contribution >= 4 is 22.6 Å². The molecule has 6 heteroatoms. The van der Waals surface area contributed by atoms with E-state index in [2.05, 4.69) is 10.2 Å². The van der Waals surface area contributed by atoms with Crippen LogP contribution in [-0.2, 0) is 11.3 Å². The fourth-order valence-corrected chi connectivity index (χ4v) is 3.50. The first-order valence-corrected chi connectivity index (χ1v) is 10.5. The Bertz CT molecular complexity index is 1140. The average molecular weight is 415 g/mol. The number of fused-ring (bicyclic) bond motifs is 1. The van der Waals surface area contributed by atoms with Gasteiger partial charge in [0.15, 0.2) is 5.82 Å². The molecule has 0 saturated heterocycles. The third-order valence-corrected chi connectivity index (χ3v) is 4.90. The van der Waals surface area contributed by atoms with Crippen LogP contribution in [0.2, 0.25) is 0 Å². The number of anilines is 1. The average Bonchev–Trinajstić information content (AvgIpc) is 3.29. The molecular weight excluding hydrogens is 388 g/mol. The monoisotopic (exact) mass is 414 g/mol. The van der Waals surface area contributed by atoms with Crippen LogP contribution in [0.25, 0.3) is 22.3 Å². The van der Waals surface area contributed by atoms with Gasteiger partial charge in [0.05, 0.1) is 18.3 Å². The van der Waals surface area contributed by atoms with Gasteiger partial charge >= 0.3 is 0 Å². The Kier molecular flexibility index (Phi) is 6.26. The van der Waals surface area contributed by atoms with Gasteiger partial charge in [0, 0.05) is 30.0 Å². The molecular formula is C25H26N4O2. The summed E-state index contributed by atoms with van der Waals surface area (Å²) in [6.07, 6.45) is 2.02. The van der Waals surface area contributed by atoms with E-state index in [1.807, 2.05) is 80.6 Å². The molecule has 0 unspecified atom stereocenters. The number of amides is 1. The topological polar surface area (TPSA) is 71.3 Å². The summed E-state index contributed by atoms with van der Waals surface area (Å²) in [5.41, 5.74) is 1.81. The molecule has 0 aliphatic rings. The summed E-state index contributed by atoms with van der Waals surface area (Å²) in [4.78, 5) is 24.2. The fourth-order valence-electron chi connectivity index (χ4n) is 3.50. The number of aromatic nitrogens is 2. The van der Waals surface area contributed by atoms with Crippen molar-refractivity contribution in [3.05, 3.63) is 78.8 Å². The minimum atomic E-state index is 0.0149. The van der Waals surface area contributed by atoms with Crippen molar-refractivity contribution in [2.45, 2.75) is 32.9 Å². The first-order chi connectivity index (χ1) is 15.1. The largest absolute Gasteiger partial charge is 0.467 e. The number of hydrogen-bond acceptors (Lipinski definition) is 5. The van der Waals surface area contributed by atoms with Crippen molar-refractivity contribution in [2.75, 3.05) is 11.4 Å². The first kappa shape index (κ1) is 20.6. The lowest BCUT2D eigenvalue weighted by atomic mass is 10.1. The molecule has 0 bridgehead atoms. The zero-order valence-electron chi connectivity index (χ0n) is 17.8. The molecule has 1 amide bonds. The number of benzene rings is 2. The predicted molar refractivity (Wildman–Crippen MR) is 123 cm³/mol. The van der Waals surface area contributed by atoms with Gasteiger partial charge in [-0.2, -0.15) is 0 Å². The van der Waals surface area contributed by atoms with E-state index in [0.717, 1.165) is 28.0 Å². The maximum atomic E-state index is 12.3. The summed E-state index contributed by atoms with van der Waals surface area (Å²) >= 11 is 0. The maximum Gasteiger partial charge on any atom is 0.221 e. The Labute approximate surface area is 181 Å². The highest BCUT2D eigenvalue weighted by atomic mass is 16.3. The number of nitrogens with one attached hydrogen (secondary N) is 1. The second kappa shape index (κ2) is 9.43. The number of nitrogens with zero attached hydrogens (tertiary/aromatic N) is 3. The van der Waals surface area contributed by atoms with E-state index in [0.29, 0.717) is 25.3 Å². The lowest BCUT2D eigenvalue weighted by Crippen LogP contribution is -2.34. The summed E-state index contributed by atoms with van der Waals surface area (Å²) < 4.78 is 5.60. The van der Waals surface area contributed by atoms with Crippen molar-refractivity contribution in [3.63, 3.8) is 0 Å². The Balaban J connectivity index is 1.75. The second-order valence-corrected chi connectivity index (χ2v) is 7.73. The van der Waals surface area contributed by atoms with Crippen LogP contribution in [0.15, 0.2) is 77.4 Å². The van der Waals surface area contributed by atoms with E-state index in [9.17, 15) is 4.79 Å². The molecule has 6 nitrogen and oxygen atoms in total. The zero-order chi connectivity index (χ0) is 21.6. The van der Waals surface area contributed by atoms with E-state index in [1.165, 1.54) is 0 Å². The highest BCUT2D eigenvalue weighted by Crippen LogP contribution is 2.28. The van der Waals surface area contributed by atoms with Crippen LogP contribution >= 0.6 is 0 Å². The number of carbonyl (C=O) groups excluding carboxylic acids is 1. The summed E-state index contributed by atoms with van der Waals surface area (Å²) in [5.74, 6) is 2.28. The second-order valence-electron chi connectivity index (χ2n) is 7.73. The number of furan rings is 1. The lowest BCUT2D eigenvalue weighted by molar-refractivity contribution is -0.121. The Hall–Kier alpha value is -3.67. The minimum absolute atomic E-state index is 0.0149. The highest BCUT2D eigenvalue weighted by molar-refractivity contribution is 5.91. The van der Waals surface area contributed by atoms with Gasteiger partial charge in [-0.15, -0.1) is 0 Å². The van der Waals surface area contributed by atoms with Crippen LogP contribution in [0.4, 0.5) is 5.82 Å². The maximum absolute atomic E-state index is 12.3. The quantitative estimate of drug-likeness (QED) is 0.448. The normalized spacial score (nSPS) is 11.1. The Morgan fingerprint density at radius 2 is 1.77 bits per heavy atom. The Morgan fingerprint density at radius 1 is 1.00 bits per heavy atom. The molecule has 0 saturated carbocycles. The van der Waals surface area contributed by atoms with Crippen LogP contribution < -0.4 is 10.2 Å². The standard InChI is InChI=1S/C25H26N4O2/c1-18(2)26-23(30)14-15-29(17-20-11-8-16-31-20)25-21-12-6-7-13-22(21)27-24(28-25)19-9-4-3-5-10-19/h3-13,16,18H,14-15,17H2,1-2H3,(H,26,30). The van der Waals surface area contributed by atoms with Crippen LogP contribution in [0.3, 0.4) is 0 Å². The molecule has 2 aromatic carbocycles. The van der Waals surface area contributed by atoms with Gasteiger partial charge in [-0.05, 0) is 38.1 Å². The number of para-hydroxylation sites is 1. The molecule has 2 heterocycles. The molecule has 158 valence electrons. The third kappa shape index (κ3) is 5.09. The molecule has 1 N–H and O–H groups in total. The van der Waals surface area contributed by atoms with Crippen molar-refractivity contribution in [3.8, 4) is 11.4 Å². The number of carbonyl (C=O) groups is 1. The Morgan fingerprint density at radius 3 is 2.52 bits per heavy atom.